The van der Waals surface area contributed by atoms with Crippen LogP contribution >= 0.6 is 0 Å². The largest absolute Gasteiger partial charge is 0.481 e. The van der Waals surface area contributed by atoms with Crippen molar-refractivity contribution < 1.29 is 27.1 Å². The van der Waals surface area contributed by atoms with Gasteiger partial charge in [-0.1, -0.05) is 44.5 Å². The van der Waals surface area contributed by atoms with Crippen LogP contribution in [0.4, 0.5) is 8.78 Å². The van der Waals surface area contributed by atoms with Gasteiger partial charge >= 0.3 is 5.97 Å². The number of nitrogens with zero attached hydrogens (tertiary/aromatic N) is 3. The number of amidine groups is 2. The molecule has 12 heteroatoms. The summed E-state index contributed by atoms with van der Waals surface area (Å²) in [5.41, 5.74) is 9.40. The third-order valence-electron chi connectivity index (χ3n) is 8.95. The molecule has 1 unspecified atom stereocenters. The first-order valence-electron chi connectivity index (χ1n) is 16.0. The summed E-state index contributed by atoms with van der Waals surface area (Å²) in [5.74, 6) is -3.04. The number of aromatic amines is 1. The molecular formula is C36H41F2N5O4S. The number of H-pyrrole nitrogens is 1. The lowest BCUT2D eigenvalue weighted by atomic mass is 9.85. The van der Waals surface area contributed by atoms with E-state index in [0.717, 1.165) is 11.1 Å². The number of carboxylic acids is 1. The van der Waals surface area contributed by atoms with Gasteiger partial charge in [-0.2, -0.15) is 0 Å². The van der Waals surface area contributed by atoms with Crippen LogP contribution in [-0.4, -0.2) is 59.7 Å². The van der Waals surface area contributed by atoms with Crippen molar-refractivity contribution in [1.29, 1.82) is 0 Å². The quantitative estimate of drug-likeness (QED) is 0.236. The first-order valence-corrected chi connectivity index (χ1v) is 17.8. The van der Waals surface area contributed by atoms with Crippen molar-refractivity contribution in [1.82, 2.24) is 9.97 Å². The van der Waals surface area contributed by atoms with Gasteiger partial charge in [0, 0.05) is 43.6 Å². The van der Waals surface area contributed by atoms with Gasteiger partial charge in [-0.3, -0.25) is 14.8 Å². The molecule has 0 amide bonds. The Morgan fingerprint density at radius 1 is 1.15 bits per heavy atom. The molecule has 5 rings (SSSR count). The van der Waals surface area contributed by atoms with Crippen molar-refractivity contribution in [3.63, 3.8) is 0 Å². The monoisotopic (exact) mass is 677 g/mol. The van der Waals surface area contributed by atoms with Crippen molar-refractivity contribution in [3.8, 4) is 0 Å². The first-order chi connectivity index (χ1) is 22.8. The van der Waals surface area contributed by atoms with Gasteiger partial charge in [0.25, 0.3) is 0 Å². The lowest BCUT2D eigenvalue weighted by Gasteiger charge is -2.26. The van der Waals surface area contributed by atoms with Gasteiger partial charge in [-0.15, -0.1) is 0 Å². The number of rotatable bonds is 4. The van der Waals surface area contributed by atoms with Gasteiger partial charge in [-0.25, -0.2) is 22.2 Å². The van der Waals surface area contributed by atoms with Gasteiger partial charge in [0.05, 0.1) is 17.0 Å². The van der Waals surface area contributed by atoms with Crippen LogP contribution in [0.25, 0.3) is 10.9 Å². The van der Waals surface area contributed by atoms with Crippen LogP contribution in [0.1, 0.15) is 79.0 Å². The lowest BCUT2D eigenvalue weighted by Crippen LogP contribution is -2.28. The predicted octanol–water partition coefficient (Wildman–Crippen LogP) is 6.13. The fourth-order valence-corrected chi connectivity index (χ4v) is 8.62. The number of nitrogens with two attached hydrogens (primary N) is 1. The first kappa shape index (κ1) is 34.9. The number of hydrogen-bond acceptors (Lipinski definition) is 6. The molecule has 48 heavy (non-hydrogen) atoms. The van der Waals surface area contributed by atoms with Crippen molar-refractivity contribution in [3.05, 3.63) is 100 Å². The molecule has 2 aromatic carbocycles. The molecule has 0 spiro atoms. The van der Waals surface area contributed by atoms with Crippen LogP contribution < -0.4 is 5.73 Å². The maximum atomic E-state index is 15.7. The van der Waals surface area contributed by atoms with E-state index in [-0.39, 0.29) is 59.4 Å². The normalized spacial score (nSPS) is 19.6. The van der Waals surface area contributed by atoms with Gasteiger partial charge < -0.3 is 15.8 Å². The highest BCUT2D eigenvalue weighted by Crippen LogP contribution is 2.33. The molecule has 1 aliphatic heterocycles. The molecule has 0 fully saturated rings. The van der Waals surface area contributed by atoms with Crippen molar-refractivity contribution >= 4 is 38.4 Å². The minimum Gasteiger partial charge on any atom is -0.481 e. The number of carbonyl (C=O) groups is 1. The third kappa shape index (κ3) is 8.15. The number of aryl methyl sites for hydroxylation is 2. The molecule has 4 aromatic rings. The molecule has 0 saturated carbocycles. The van der Waals surface area contributed by atoms with Crippen LogP contribution in [0, 0.1) is 17.0 Å². The van der Waals surface area contributed by atoms with E-state index in [2.05, 4.69) is 15.0 Å². The van der Waals surface area contributed by atoms with E-state index in [1.807, 2.05) is 38.1 Å². The number of fused-ring (bicyclic) bond motifs is 5. The topological polar surface area (TPSA) is 151 Å². The molecule has 2 bridgehead atoms. The summed E-state index contributed by atoms with van der Waals surface area (Å²) in [5, 5.41) is 9.65. The Bertz CT molecular complexity index is 2000. The second-order valence-electron chi connectivity index (χ2n) is 13.3. The van der Waals surface area contributed by atoms with Crippen LogP contribution in [-0.2, 0) is 33.9 Å². The standard InChI is InChI=1S/C36H41F2N5O4S/c1-36(2)14-5-8-25(24-7-4-6-22(18-24)9-10-30(44)45)34(39)43-35(40-3)29-20-23(11-15-41-29)19-28-26(13-17-48(46,47)21-36)27-12-16-42-33(27)32(38)31(28)37/h4,6-7,11-12,15-16,18,20,25,42H,5,8-10,13-14,17,19,21H2,1-3H3,(H,44,45)(H2,39,40,43). The molecule has 3 heterocycles. The van der Waals surface area contributed by atoms with Crippen LogP contribution in [0.3, 0.4) is 0 Å². The highest BCUT2D eigenvalue weighted by atomic mass is 32.2. The SMILES string of the molecule is CN=C1N=C(N)C(c2cccc(CCC(=O)O)c2)CCCC(C)(C)CS(=O)(=O)CCc2c(c(F)c(F)c3[nH]ccc23)Cc2ccnc1c2. The number of aliphatic carboxylic acids is 1. The number of pyridine rings is 1. The summed E-state index contributed by atoms with van der Waals surface area (Å²) in [4.78, 5) is 27.5. The fraction of sp³-hybridized carbons (Fsp3) is 0.389. The highest BCUT2D eigenvalue weighted by Gasteiger charge is 2.29. The van der Waals surface area contributed by atoms with Crippen LogP contribution in [0.15, 0.2) is 64.8 Å². The molecule has 4 N–H and O–H groups in total. The van der Waals surface area contributed by atoms with Crippen molar-refractivity contribution in [2.75, 3.05) is 18.6 Å². The molecule has 0 aliphatic carbocycles. The Balaban J connectivity index is 1.61. The van der Waals surface area contributed by atoms with E-state index in [4.69, 9.17) is 10.7 Å². The summed E-state index contributed by atoms with van der Waals surface area (Å²) in [6, 6.07) is 12.6. The maximum absolute atomic E-state index is 15.7. The van der Waals surface area contributed by atoms with E-state index >= 15 is 8.78 Å². The number of nitrogens with one attached hydrogen (secondary N) is 1. The highest BCUT2D eigenvalue weighted by molar-refractivity contribution is 7.91. The number of benzene rings is 2. The zero-order valence-electron chi connectivity index (χ0n) is 27.4. The molecular weight excluding hydrogens is 636 g/mol. The van der Waals surface area contributed by atoms with Gasteiger partial charge in [0.15, 0.2) is 27.3 Å². The van der Waals surface area contributed by atoms with Crippen molar-refractivity contribution in [2.45, 2.75) is 64.7 Å². The second-order valence-corrected chi connectivity index (χ2v) is 15.4. The molecule has 0 saturated heterocycles. The summed E-state index contributed by atoms with van der Waals surface area (Å²) < 4.78 is 58.0. The average Bonchev–Trinajstić information content (AvgIpc) is 3.52. The van der Waals surface area contributed by atoms with Gasteiger partial charge in [-0.05, 0) is 77.1 Å². The maximum Gasteiger partial charge on any atom is 0.303 e. The molecule has 254 valence electrons. The zero-order valence-corrected chi connectivity index (χ0v) is 28.2. The Hall–Kier alpha value is -4.45. The van der Waals surface area contributed by atoms with Crippen LogP contribution in [0.2, 0.25) is 0 Å². The second kappa shape index (κ2) is 14.3. The zero-order chi connectivity index (χ0) is 34.6. The predicted molar refractivity (Wildman–Crippen MR) is 184 cm³/mol. The fourth-order valence-electron chi connectivity index (χ4n) is 6.63. The minimum absolute atomic E-state index is 0.00785. The van der Waals surface area contributed by atoms with E-state index in [0.29, 0.717) is 47.9 Å². The number of sulfone groups is 1. The number of aromatic nitrogens is 2. The van der Waals surface area contributed by atoms with Crippen molar-refractivity contribution in [2.24, 2.45) is 21.1 Å². The summed E-state index contributed by atoms with van der Waals surface area (Å²) >= 11 is 0. The Kier molecular flexibility index (Phi) is 10.4. The molecule has 2 aromatic heterocycles. The number of aliphatic imine (C=N–C) groups is 2. The number of carboxylic acid groups (broad SMARTS) is 1. The molecule has 0 radical (unpaired) electrons. The summed E-state index contributed by atoms with van der Waals surface area (Å²) in [6.07, 6.45) is 5.20. The molecule has 1 atom stereocenters. The number of hydrogen-bond donors (Lipinski definition) is 3. The van der Waals surface area contributed by atoms with E-state index < -0.39 is 32.9 Å². The molecule has 9 nitrogen and oxygen atoms in total. The van der Waals surface area contributed by atoms with Gasteiger partial charge in [0.2, 0.25) is 0 Å². The average molecular weight is 678 g/mol. The smallest absolute Gasteiger partial charge is 0.303 e. The van der Waals surface area contributed by atoms with Gasteiger partial charge in [0.1, 0.15) is 11.5 Å². The van der Waals surface area contributed by atoms with E-state index in [1.54, 1.807) is 31.4 Å². The Morgan fingerprint density at radius 3 is 2.69 bits per heavy atom. The third-order valence-corrected chi connectivity index (χ3v) is 11.0. The minimum atomic E-state index is -3.59. The summed E-state index contributed by atoms with van der Waals surface area (Å²) in [6.45, 7) is 3.82. The lowest BCUT2D eigenvalue weighted by molar-refractivity contribution is -0.136. The van der Waals surface area contributed by atoms with Crippen LogP contribution in [0.5, 0.6) is 0 Å². The Morgan fingerprint density at radius 2 is 1.94 bits per heavy atom. The van der Waals surface area contributed by atoms with E-state index in [9.17, 15) is 18.3 Å². The van der Waals surface area contributed by atoms with E-state index in [1.165, 1.54) is 6.20 Å². The summed E-state index contributed by atoms with van der Waals surface area (Å²) in [7, 11) is -2.02. The Labute approximate surface area is 279 Å². The number of halogens is 2. The molecule has 1 aliphatic rings.